The van der Waals surface area contributed by atoms with Crippen molar-refractivity contribution >= 4 is 21.6 Å². The first-order chi connectivity index (χ1) is 13.2. The third kappa shape index (κ3) is 5.13. The van der Waals surface area contributed by atoms with Crippen LogP contribution >= 0.6 is 0 Å². The highest BCUT2D eigenvalue weighted by Gasteiger charge is 2.21. The lowest BCUT2D eigenvalue weighted by Gasteiger charge is -2.22. The molecule has 0 heterocycles. The zero-order valence-corrected chi connectivity index (χ0v) is 17.5. The van der Waals surface area contributed by atoms with Gasteiger partial charge in [-0.15, -0.1) is 0 Å². The second-order valence-corrected chi connectivity index (χ2v) is 8.27. The first kappa shape index (κ1) is 21.5. The molecule has 0 aliphatic rings. The van der Waals surface area contributed by atoms with E-state index >= 15 is 0 Å². The summed E-state index contributed by atoms with van der Waals surface area (Å²) in [5, 5.41) is 0. The molecule has 0 unspecified atom stereocenters. The van der Waals surface area contributed by atoms with Crippen LogP contribution in [0.5, 0.6) is 5.75 Å². The Kier molecular flexibility index (Phi) is 6.85. The molecule has 0 aromatic heterocycles. The van der Waals surface area contributed by atoms with E-state index in [-0.39, 0.29) is 10.8 Å². The number of carbonyl (C=O) groups excluding carboxylic acids is 1. The fourth-order valence-corrected chi connectivity index (χ4v) is 3.78. The molecular formula is C21H26N2O4S. The molecule has 0 radical (unpaired) electrons. The molecule has 2 aromatic carbocycles. The van der Waals surface area contributed by atoms with E-state index < -0.39 is 10.0 Å². The standard InChI is InChI=1S/C21H26N2O4S/c1-6-23(14-15(2)3)21(24)20-13-19(12-7-16(20)4)28(25,26)22-17-8-10-18(27-5)11-9-17/h7-13,22H,2,6,14H2,1,3-5H3. The molecule has 0 aliphatic heterocycles. The largest absolute Gasteiger partial charge is 0.497 e. The van der Waals surface area contributed by atoms with E-state index in [1.165, 1.54) is 19.2 Å². The highest BCUT2D eigenvalue weighted by atomic mass is 32.2. The van der Waals surface area contributed by atoms with Crippen LogP contribution in [0, 0.1) is 6.92 Å². The van der Waals surface area contributed by atoms with Crippen molar-refractivity contribution in [2.24, 2.45) is 0 Å². The number of rotatable bonds is 8. The summed E-state index contributed by atoms with van der Waals surface area (Å²) in [6, 6.07) is 11.1. The van der Waals surface area contributed by atoms with Crippen molar-refractivity contribution in [2.75, 3.05) is 24.9 Å². The Balaban J connectivity index is 2.34. The number of amides is 1. The van der Waals surface area contributed by atoms with Gasteiger partial charge in [0.05, 0.1) is 12.0 Å². The monoisotopic (exact) mass is 402 g/mol. The molecule has 0 aliphatic carbocycles. The third-order valence-corrected chi connectivity index (χ3v) is 5.60. The number of likely N-dealkylation sites (N-methyl/N-ethyl adjacent to an activating group) is 1. The summed E-state index contributed by atoms with van der Waals surface area (Å²) in [6.07, 6.45) is 0. The van der Waals surface area contributed by atoms with Gasteiger partial charge in [0.25, 0.3) is 15.9 Å². The SMILES string of the molecule is C=C(C)CN(CC)C(=O)c1cc(S(=O)(=O)Nc2ccc(OC)cc2)ccc1C. The molecule has 0 spiro atoms. The number of ether oxygens (including phenoxy) is 1. The molecule has 2 aromatic rings. The highest BCUT2D eigenvalue weighted by Crippen LogP contribution is 2.22. The number of aryl methyl sites for hydroxylation is 1. The summed E-state index contributed by atoms with van der Waals surface area (Å²) in [6.45, 7) is 10.3. The predicted molar refractivity (Wildman–Crippen MR) is 111 cm³/mol. The van der Waals surface area contributed by atoms with Crippen LogP contribution in [0.15, 0.2) is 59.5 Å². The number of anilines is 1. The fourth-order valence-electron chi connectivity index (χ4n) is 2.70. The third-order valence-electron chi connectivity index (χ3n) is 4.22. The molecule has 0 saturated heterocycles. The van der Waals surface area contributed by atoms with Gasteiger partial charge in [0, 0.05) is 24.3 Å². The smallest absolute Gasteiger partial charge is 0.261 e. The van der Waals surface area contributed by atoms with Gasteiger partial charge in [-0.25, -0.2) is 8.42 Å². The van der Waals surface area contributed by atoms with Crippen LogP contribution in [-0.2, 0) is 10.0 Å². The van der Waals surface area contributed by atoms with Crippen LogP contribution in [0.25, 0.3) is 0 Å². The number of sulfonamides is 1. The predicted octanol–water partition coefficient (Wildman–Crippen LogP) is 3.84. The number of nitrogens with one attached hydrogen (secondary N) is 1. The van der Waals surface area contributed by atoms with Crippen molar-refractivity contribution in [2.45, 2.75) is 25.7 Å². The first-order valence-electron chi connectivity index (χ1n) is 8.89. The van der Waals surface area contributed by atoms with Crippen LogP contribution < -0.4 is 9.46 Å². The molecule has 6 nitrogen and oxygen atoms in total. The van der Waals surface area contributed by atoms with Gasteiger partial charge < -0.3 is 9.64 Å². The lowest BCUT2D eigenvalue weighted by atomic mass is 10.1. The van der Waals surface area contributed by atoms with Gasteiger partial charge in [0.2, 0.25) is 0 Å². The molecular weight excluding hydrogens is 376 g/mol. The zero-order valence-electron chi connectivity index (χ0n) is 16.7. The first-order valence-corrected chi connectivity index (χ1v) is 10.4. The van der Waals surface area contributed by atoms with Crippen LogP contribution in [0.2, 0.25) is 0 Å². The number of methoxy groups -OCH3 is 1. The molecule has 0 bridgehead atoms. The number of benzene rings is 2. The summed E-state index contributed by atoms with van der Waals surface area (Å²) in [5.41, 5.74) is 2.35. The van der Waals surface area contributed by atoms with Gasteiger partial charge in [-0.1, -0.05) is 18.2 Å². The number of nitrogens with zero attached hydrogens (tertiary/aromatic N) is 1. The summed E-state index contributed by atoms with van der Waals surface area (Å²) in [7, 11) is -2.30. The normalized spacial score (nSPS) is 11.0. The van der Waals surface area contributed by atoms with Crippen molar-refractivity contribution < 1.29 is 17.9 Å². The van der Waals surface area contributed by atoms with Crippen LogP contribution in [0.3, 0.4) is 0 Å². The molecule has 1 amide bonds. The van der Waals surface area contributed by atoms with E-state index in [9.17, 15) is 13.2 Å². The molecule has 28 heavy (non-hydrogen) atoms. The van der Waals surface area contributed by atoms with E-state index in [1.807, 2.05) is 13.8 Å². The molecule has 2 rings (SSSR count). The maximum absolute atomic E-state index is 12.9. The summed E-state index contributed by atoms with van der Waals surface area (Å²) >= 11 is 0. The molecule has 1 N–H and O–H groups in total. The summed E-state index contributed by atoms with van der Waals surface area (Å²) < 4.78 is 33.2. The topological polar surface area (TPSA) is 75.7 Å². The molecule has 7 heteroatoms. The Morgan fingerprint density at radius 1 is 1.18 bits per heavy atom. The van der Waals surface area contributed by atoms with Crippen molar-refractivity contribution in [1.29, 1.82) is 0 Å². The van der Waals surface area contributed by atoms with Gasteiger partial charge in [0.15, 0.2) is 0 Å². The van der Waals surface area contributed by atoms with Crippen molar-refractivity contribution in [3.63, 3.8) is 0 Å². The minimum Gasteiger partial charge on any atom is -0.497 e. The fraction of sp³-hybridized carbons (Fsp3) is 0.286. The Morgan fingerprint density at radius 3 is 2.36 bits per heavy atom. The van der Waals surface area contributed by atoms with Gasteiger partial charge in [-0.2, -0.15) is 0 Å². The second-order valence-electron chi connectivity index (χ2n) is 6.59. The quantitative estimate of drug-likeness (QED) is 0.681. The molecule has 0 fully saturated rings. The van der Waals surface area contributed by atoms with E-state index in [4.69, 9.17) is 4.74 Å². The van der Waals surface area contributed by atoms with Gasteiger partial charge in [-0.3, -0.25) is 9.52 Å². The second kappa shape index (κ2) is 8.93. The van der Waals surface area contributed by atoms with E-state index in [2.05, 4.69) is 11.3 Å². The maximum Gasteiger partial charge on any atom is 0.261 e. The summed E-state index contributed by atoms with van der Waals surface area (Å²) in [4.78, 5) is 14.6. The van der Waals surface area contributed by atoms with E-state index in [0.717, 1.165) is 5.57 Å². The number of carbonyl (C=O) groups is 1. The maximum atomic E-state index is 12.9. The average Bonchev–Trinajstić information content (AvgIpc) is 2.66. The lowest BCUT2D eigenvalue weighted by molar-refractivity contribution is 0.0777. The Labute approximate surface area is 166 Å². The number of hydrogen-bond acceptors (Lipinski definition) is 4. The van der Waals surface area contributed by atoms with E-state index in [1.54, 1.807) is 42.2 Å². The lowest BCUT2D eigenvalue weighted by Crippen LogP contribution is -2.32. The highest BCUT2D eigenvalue weighted by molar-refractivity contribution is 7.92. The van der Waals surface area contributed by atoms with Gasteiger partial charge in [-0.05, 0) is 62.7 Å². The van der Waals surface area contributed by atoms with Crippen molar-refractivity contribution in [3.8, 4) is 5.75 Å². The molecule has 150 valence electrons. The minimum absolute atomic E-state index is 0.0312. The molecule has 0 saturated carbocycles. The van der Waals surface area contributed by atoms with Crippen LogP contribution in [0.1, 0.15) is 29.8 Å². The van der Waals surface area contributed by atoms with Crippen molar-refractivity contribution in [3.05, 3.63) is 65.7 Å². The summed E-state index contributed by atoms with van der Waals surface area (Å²) in [5.74, 6) is 0.410. The van der Waals surface area contributed by atoms with Gasteiger partial charge >= 0.3 is 0 Å². The van der Waals surface area contributed by atoms with E-state index in [0.29, 0.717) is 35.7 Å². The average molecular weight is 403 g/mol. The molecule has 0 atom stereocenters. The zero-order chi connectivity index (χ0) is 20.9. The van der Waals surface area contributed by atoms with Gasteiger partial charge in [0.1, 0.15) is 5.75 Å². The Hall–Kier alpha value is -2.80. The van der Waals surface area contributed by atoms with Crippen LogP contribution in [0.4, 0.5) is 5.69 Å². The van der Waals surface area contributed by atoms with Crippen LogP contribution in [-0.4, -0.2) is 39.4 Å². The Bertz CT molecular complexity index is 966. The Morgan fingerprint density at radius 2 is 1.82 bits per heavy atom. The minimum atomic E-state index is -3.84. The number of hydrogen-bond donors (Lipinski definition) is 1. The van der Waals surface area contributed by atoms with Crippen molar-refractivity contribution in [1.82, 2.24) is 4.90 Å².